The van der Waals surface area contributed by atoms with Crippen LogP contribution in [0, 0.1) is 6.92 Å². The number of imide groups is 1. The number of thioether (sulfide) groups is 1. The summed E-state index contributed by atoms with van der Waals surface area (Å²) in [6, 6.07) is 22.6. The van der Waals surface area contributed by atoms with E-state index in [-0.39, 0.29) is 6.54 Å². The summed E-state index contributed by atoms with van der Waals surface area (Å²) in [6.45, 7) is 1.70. The van der Waals surface area contributed by atoms with Crippen molar-refractivity contribution >= 4 is 63.9 Å². The molecule has 0 unspecified atom stereocenters. The van der Waals surface area contributed by atoms with Gasteiger partial charge in [-0.05, 0) is 78.9 Å². The first-order valence-corrected chi connectivity index (χ1v) is 12.0. The average Bonchev–Trinajstić information content (AvgIpc) is 3.05. The Morgan fingerprint density at radius 2 is 1.58 bits per heavy atom. The normalized spacial score (nSPS) is 14.7. The van der Waals surface area contributed by atoms with Gasteiger partial charge in [0, 0.05) is 20.5 Å². The van der Waals surface area contributed by atoms with Crippen molar-refractivity contribution in [2.45, 2.75) is 16.7 Å². The zero-order chi connectivity index (χ0) is 23.4. The van der Waals surface area contributed by atoms with E-state index in [0.717, 1.165) is 32.0 Å². The molecule has 3 amide bonds. The van der Waals surface area contributed by atoms with Gasteiger partial charge in [0.25, 0.3) is 11.1 Å². The van der Waals surface area contributed by atoms with Gasteiger partial charge < -0.3 is 5.32 Å². The fourth-order valence-electron chi connectivity index (χ4n) is 3.04. The monoisotopic (exact) mass is 494 g/mol. The third-order valence-corrected chi connectivity index (χ3v) is 6.91. The van der Waals surface area contributed by atoms with E-state index in [0.29, 0.717) is 15.6 Å². The lowest BCUT2D eigenvalue weighted by Crippen LogP contribution is -2.36. The Bertz CT molecular complexity index is 1220. The molecule has 1 saturated heterocycles. The van der Waals surface area contributed by atoms with Gasteiger partial charge in [-0.15, -0.1) is 0 Å². The summed E-state index contributed by atoms with van der Waals surface area (Å²) >= 11 is 8.32. The van der Waals surface area contributed by atoms with Crippen molar-refractivity contribution < 1.29 is 14.4 Å². The number of rotatable bonds is 6. The molecule has 3 aromatic rings. The first-order chi connectivity index (χ1) is 15.9. The molecule has 0 spiro atoms. The third-order valence-electron chi connectivity index (χ3n) is 4.74. The van der Waals surface area contributed by atoms with Crippen molar-refractivity contribution in [2.24, 2.45) is 0 Å². The van der Waals surface area contributed by atoms with Gasteiger partial charge in [-0.25, -0.2) is 0 Å². The van der Waals surface area contributed by atoms with Crippen LogP contribution in [0.2, 0.25) is 5.02 Å². The quantitative estimate of drug-likeness (QED) is 0.397. The molecular weight excluding hydrogens is 476 g/mol. The van der Waals surface area contributed by atoms with Gasteiger partial charge in [0.15, 0.2) is 0 Å². The summed E-state index contributed by atoms with van der Waals surface area (Å²) in [7, 11) is 0. The molecular formula is C25H19ClN2O3S2. The molecule has 1 N–H and O–H groups in total. The highest BCUT2D eigenvalue weighted by Crippen LogP contribution is 2.33. The largest absolute Gasteiger partial charge is 0.325 e. The molecule has 1 fully saturated rings. The number of halogens is 1. The molecule has 0 aromatic heterocycles. The van der Waals surface area contributed by atoms with Gasteiger partial charge >= 0.3 is 0 Å². The zero-order valence-electron chi connectivity index (χ0n) is 17.6. The Kier molecular flexibility index (Phi) is 7.23. The predicted octanol–water partition coefficient (Wildman–Crippen LogP) is 6.47. The van der Waals surface area contributed by atoms with E-state index in [1.165, 1.54) is 5.56 Å². The highest BCUT2D eigenvalue weighted by atomic mass is 35.5. The Labute approximate surface area is 205 Å². The Hall–Kier alpha value is -3.00. The predicted molar refractivity (Wildman–Crippen MR) is 135 cm³/mol. The van der Waals surface area contributed by atoms with Crippen LogP contribution in [0.1, 0.15) is 11.1 Å². The fraction of sp³-hybridized carbons (Fsp3) is 0.0800. The van der Waals surface area contributed by atoms with E-state index in [1.54, 1.807) is 42.1 Å². The Morgan fingerprint density at radius 3 is 2.21 bits per heavy atom. The number of carbonyl (C=O) groups excluding carboxylic acids is 3. The highest BCUT2D eigenvalue weighted by molar-refractivity contribution is 8.18. The Balaban J connectivity index is 1.39. The second kappa shape index (κ2) is 10.3. The van der Waals surface area contributed by atoms with E-state index < -0.39 is 17.1 Å². The first-order valence-electron chi connectivity index (χ1n) is 10.0. The van der Waals surface area contributed by atoms with E-state index in [2.05, 4.69) is 36.5 Å². The van der Waals surface area contributed by atoms with Gasteiger partial charge in [0.1, 0.15) is 6.54 Å². The maximum Gasteiger partial charge on any atom is 0.294 e. The van der Waals surface area contributed by atoms with Gasteiger partial charge in [0.2, 0.25) is 5.91 Å². The smallest absolute Gasteiger partial charge is 0.294 e. The van der Waals surface area contributed by atoms with Crippen LogP contribution in [0.5, 0.6) is 0 Å². The number of hydrogen-bond acceptors (Lipinski definition) is 5. The molecule has 5 nitrogen and oxygen atoms in total. The molecule has 3 aromatic carbocycles. The summed E-state index contributed by atoms with van der Waals surface area (Å²) in [6.07, 6.45) is 1.67. The number of nitrogens with one attached hydrogen (secondary N) is 1. The van der Waals surface area contributed by atoms with Crippen molar-refractivity contribution in [3.63, 3.8) is 0 Å². The lowest BCUT2D eigenvalue weighted by atomic mass is 10.2. The zero-order valence-corrected chi connectivity index (χ0v) is 20.0. The van der Waals surface area contributed by atoms with Crippen LogP contribution in [0.3, 0.4) is 0 Å². The van der Waals surface area contributed by atoms with Crippen molar-refractivity contribution in [3.8, 4) is 0 Å². The summed E-state index contributed by atoms with van der Waals surface area (Å²) in [5.74, 6) is -0.937. The topological polar surface area (TPSA) is 66.5 Å². The second-order valence-corrected chi connectivity index (χ2v) is 9.88. The van der Waals surface area contributed by atoms with Gasteiger partial charge in [-0.2, -0.15) is 0 Å². The van der Waals surface area contributed by atoms with Crippen LogP contribution in [0.4, 0.5) is 10.5 Å². The molecule has 0 radical (unpaired) electrons. The molecule has 1 aliphatic rings. The number of hydrogen-bond donors (Lipinski definition) is 1. The second-order valence-electron chi connectivity index (χ2n) is 7.31. The number of benzene rings is 3. The average molecular weight is 495 g/mol. The number of nitrogens with zero attached hydrogens (tertiary/aromatic N) is 1. The minimum absolute atomic E-state index is 0.290. The molecule has 0 atom stereocenters. The van der Waals surface area contributed by atoms with Gasteiger partial charge in [0.05, 0.1) is 4.91 Å². The number of anilines is 1. The lowest BCUT2D eigenvalue weighted by Gasteiger charge is -2.12. The highest BCUT2D eigenvalue weighted by Gasteiger charge is 2.36. The fourth-order valence-corrected chi connectivity index (χ4v) is 4.82. The lowest BCUT2D eigenvalue weighted by molar-refractivity contribution is -0.127. The maximum absolute atomic E-state index is 12.7. The number of aryl methyl sites for hydroxylation is 1. The summed E-state index contributed by atoms with van der Waals surface area (Å²) < 4.78 is 0. The number of amides is 3. The van der Waals surface area contributed by atoms with E-state index in [9.17, 15) is 14.4 Å². The summed E-state index contributed by atoms with van der Waals surface area (Å²) in [5, 5.41) is 2.73. The summed E-state index contributed by atoms with van der Waals surface area (Å²) in [5.41, 5.74) is 2.56. The van der Waals surface area contributed by atoms with Crippen LogP contribution in [0.25, 0.3) is 6.08 Å². The van der Waals surface area contributed by atoms with E-state index >= 15 is 0 Å². The summed E-state index contributed by atoms with van der Waals surface area (Å²) in [4.78, 5) is 40.8. The molecule has 8 heteroatoms. The first kappa shape index (κ1) is 23.2. The van der Waals surface area contributed by atoms with E-state index in [1.807, 2.05) is 24.3 Å². The molecule has 1 heterocycles. The van der Waals surface area contributed by atoms with Crippen molar-refractivity contribution in [1.82, 2.24) is 4.90 Å². The molecule has 4 rings (SSSR count). The van der Waals surface area contributed by atoms with Crippen LogP contribution in [-0.4, -0.2) is 28.5 Å². The van der Waals surface area contributed by atoms with Crippen LogP contribution >= 0.6 is 35.1 Å². The molecule has 33 heavy (non-hydrogen) atoms. The van der Waals surface area contributed by atoms with Gasteiger partial charge in [-0.3, -0.25) is 19.3 Å². The maximum atomic E-state index is 12.7. The molecule has 1 aliphatic heterocycles. The SMILES string of the molecule is Cc1ccc(Sc2ccc(/C=C3\SC(=O)N(CC(=O)Nc4ccc(Cl)cc4)C3=O)cc2)cc1. The Morgan fingerprint density at radius 1 is 0.970 bits per heavy atom. The van der Waals surface area contributed by atoms with E-state index in [4.69, 9.17) is 11.6 Å². The molecule has 0 bridgehead atoms. The molecule has 166 valence electrons. The third kappa shape index (κ3) is 6.07. The van der Waals surface area contributed by atoms with Crippen LogP contribution in [-0.2, 0) is 9.59 Å². The van der Waals surface area contributed by atoms with Crippen LogP contribution < -0.4 is 5.32 Å². The number of carbonyl (C=O) groups is 3. The molecule has 0 saturated carbocycles. The standard InChI is InChI=1S/C25H19ClN2O3S2/c1-16-2-10-20(11-3-16)32-21-12-4-17(5-13-21)14-22-24(30)28(25(31)33-22)15-23(29)27-19-8-6-18(26)7-9-19/h2-14H,15H2,1H3,(H,27,29)/b22-14-. The van der Waals surface area contributed by atoms with Crippen molar-refractivity contribution in [2.75, 3.05) is 11.9 Å². The van der Waals surface area contributed by atoms with Gasteiger partial charge in [-0.1, -0.05) is 53.2 Å². The minimum Gasteiger partial charge on any atom is -0.325 e. The van der Waals surface area contributed by atoms with Crippen molar-refractivity contribution in [3.05, 3.63) is 93.9 Å². The van der Waals surface area contributed by atoms with Crippen molar-refractivity contribution in [1.29, 1.82) is 0 Å². The minimum atomic E-state index is -0.477. The van der Waals surface area contributed by atoms with Crippen LogP contribution in [0.15, 0.2) is 87.5 Å². The molecule has 0 aliphatic carbocycles.